The Morgan fingerprint density at radius 2 is 1.75 bits per heavy atom. The molecule has 0 unspecified atom stereocenters. The predicted octanol–water partition coefficient (Wildman–Crippen LogP) is 4.49. The van der Waals surface area contributed by atoms with Gasteiger partial charge in [0.1, 0.15) is 12.0 Å². The molecule has 2 aromatic carbocycles. The van der Waals surface area contributed by atoms with Gasteiger partial charge >= 0.3 is 6.36 Å². The second-order valence-electron chi connectivity index (χ2n) is 3.92. The molecule has 2 nitrogen and oxygen atoms in total. The molecule has 0 aliphatic heterocycles. The van der Waals surface area contributed by atoms with Crippen LogP contribution in [-0.4, -0.2) is 12.6 Å². The van der Waals surface area contributed by atoms with E-state index in [1.54, 1.807) is 0 Å². The number of hydrogen-bond acceptors (Lipinski definition) is 2. The molecule has 0 N–H and O–H groups in total. The van der Waals surface area contributed by atoms with E-state index in [4.69, 9.17) is 0 Å². The van der Waals surface area contributed by atoms with Crippen molar-refractivity contribution in [2.24, 2.45) is 0 Å². The van der Waals surface area contributed by atoms with Gasteiger partial charge < -0.3 is 4.74 Å². The van der Waals surface area contributed by atoms with Crippen molar-refractivity contribution in [3.63, 3.8) is 0 Å². The first-order valence-corrected chi connectivity index (χ1v) is 5.37. The number of carbonyl (C=O) groups is 1. The highest BCUT2D eigenvalue weighted by molar-refractivity contribution is 5.92. The summed E-state index contributed by atoms with van der Waals surface area (Å²) in [6, 6.07) is 5.92. The molecular weight excluding hydrogens is 283 g/mol. The number of fused-ring (bicyclic) bond motifs is 1. The third kappa shape index (κ3) is 2.87. The van der Waals surface area contributed by atoms with Crippen molar-refractivity contribution in [3.8, 4) is 5.75 Å². The number of benzene rings is 2. The third-order valence-electron chi connectivity index (χ3n) is 2.63. The number of halogens is 5. The first kappa shape index (κ1) is 14.2. The lowest BCUT2D eigenvalue weighted by Gasteiger charge is -2.15. The van der Waals surface area contributed by atoms with Gasteiger partial charge in [-0.2, -0.15) is 0 Å². The first-order valence-electron chi connectivity index (χ1n) is 5.37. The first-order chi connectivity index (χ1) is 9.31. The smallest absolute Gasteiger partial charge is 0.405 e. The van der Waals surface area contributed by atoms with E-state index < -0.39 is 24.1 Å². The van der Waals surface area contributed by atoms with Crippen molar-refractivity contribution in [2.75, 3.05) is 0 Å². The highest BCUT2D eigenvalue weighted by atomic mass is 19.4. The molecule has 0 saturated heterocycles. The minimum atomic E-state index is -5.07. The normalized spacial score (nSPS) is 11.9. The van der Waals surface area contributed by atoms with E-state index >= 15 is 0 Å². The van der Waals surface area contributed by atoms with Crippen molar-refractivity contribution < 1.29 is 31.5 Å². The Morgan fingerprint density at radius 1 is 1.10 bits per heavy atom. The Balaban J connectivity index is 2.70. The summed E-state index contributed by atoms with van der Waals surface area (Å²) in [6.45, 7) is 0. The van der Waals surface area contributed by atoms with Crippen LogP contribution >= 0.6 is 0 Å². The minimum Gasteiger partial charge on any atom is -0.405 e. The van der Waals surface area contributed by atoms with Crippen LogP contribution in [0.5, 0.6) is 5.75 Å². The third-order valence-corrected chi connectivity index (χ3v) is 2.63. The van der Waals surface area contributed by atoms with Gasteiger partial charge in [-0.3, -0.25) is 4.79 Å². The van der Waals surface area contributed by atoms with Crippen LogP contribution in [0.2, 0.25) is 0 Å². The van der Waals surface area contributed by atoms with Crippen molar-refractivity contribution in [1.82, 2.24) is 0 Å². The largest absolute Gasteiger partial charge is 0.573 e. The van der Waals surface area contributed by atoms with Gasteiger partial charge in [0.25, 0.3) is 6.43 Å². The molecule has 20 heavy (non-hydrogen) atoms. The molecule has 0 heterocycles. The second kappa shape index (κ2) is 5.07. The van der Waals surface area contributed by atoms with E-state index in [9.17, 15) is 26.7 Å². The molecule has 2 rings (SSSR count). The van der Waals surface area contributed by atoms with Gasteiger partial charge in [-0.05, 0) is 22.9 Å². The molecule has 0 atom stereocenters. The number of carbonyl (C=O) groups excluding carboxylic acids is 1. The Hall–Kier alpha value is -2.18. The molecule has 7 heteroatoms. The van der Waals surface area contributed by atoms with Crippen LogP contribution in [0.25, 0.3) is 10.8 Å². The maximum Gasteiger partial charge on any atom is 0.573 e. The molecule has 0 spiro atoms. The fraction of sp³-hybridized carbons (Fsp3) is 0.154. The van der Waals surface area contributed by atoms with Gasteiger partial charge in [-0.15, -0.1) is 13.2 Å². The number of rotatable bonds is 3. The summed E-state index contributed by atoms with van der Waals surface area (Å²) in [7, 11) is 0. The van der Waals surface area contributed by atoms with Crippen LogP contribution < -0.4 is 4.74 Å². The quantitative estimate of drug-likeness (QED) is 0.615. The standard InChI is InChI=1S/C13H7F5O2/c14-12(15)11-9-5-7(6-19)1-2-8(9)3-4-10(11)20-13(16,17)18/h1-6,12H. The number of aldehydes is 1. The zero-order chi connectivity index (χ0) is 14.9. The molecule has 0 fully saturated rings. The van der Waals surface area contributed by atoms with E-state index in [0.717, 1.165) is 12.1 Å². The summed E-state index contributed by atoms with van der Waals surface area (Å²) >= 11 is 0. The van der Waals surface area contributed by atoms with Gasteiger partial charge in [0, 0.05) is 5.56 Å². The average molecular weight is 290 g/mol. The molecule has 106 valence electrons. The van der Waals surface area contributed by atoms with Gasteiger partial charge in [0.05, 0.1) is 5.56 Å². The molecule has 0 aliphatic rings. The van der Waals surface area contributed by atoms with Crippen molar-refractivity contribution in [1.29, 1.82) is 0 Å². The predicted molar refractivity (Wildman–Crippen MR) is 61.0 cm³/mol. The SMILES string of the molecule is O=Cc1ccc2ccc(OC(F)(F)F)c(C(F)F)c2c1. The molecular formula is C13H7F5O2. The summed E-state index contributed by atoms with van der Waals surface area (Å²) in [6.07, 6.45) is -7.82. The Labute approximate surface area is 109 Å². The molecule has 0 amide bonds. The Morgan fingerprint density at radius 3 is 2.30 bits per heavy atom. The maximum absolute atomic E-state index is 13.0. The highest BCUT2D eigenvalue weighted by Crippen LogP contribution is 2.38. The average Bonchev–Trinajstić information content (AvgIpc) is 2.35. The summed E-state index contributed by atoms with van der Waals surface area (Å²) < 4.78 is 66.3. The Bertz CT molecular complexity index is 649. The van der Waals surface area contributed by atoms with E-state index in [2.05, 4.69) is 4.74 Å². The summed E-state index contributed by atoms with van der Waals surface area (Å²) in [5.41, 5.74) is -0.799. The number of hydrogen-bond donors (Lipinski definition) is 0. The lowest BCUT2D eigenvalue weighted by Crippen LogP contribution is -2.18. The zero-order valence-electron chi connectivity index (χ0n) is 9.75. The molecule has 2 aromatic rings. The van der Waals surface area contributed by atoms with E-state index in [1.165, 1.54) is 18.2 Å². The monoisotopic (exact) mass is 290 g/mol. The van der Waals surface area contributed by atoms with Crippen molar-refractivity contribution in [2.45, 2.75) is 12.8 Å². The molecule has 0 aliphatic carbocycles. The van der Waals surface area contributed by atoms with E-state index in [0.29, 0.717) is 11.7 Å². The van der Waals surface area contributed by atoms with Crippen LogP contribution in [0.4, 0.5) is 22.0 Å². The van der Waals surface area contributed by atoms with E-state index in [1.807, 2.05) is 0 Å². The van der Waals surface area contributed by atoms with Gasteiger partial charge in [-0.1, -0.05) is 18.2 Å². The topological polar surface area (TPSA) is 26.3 Å². The fourth-order valence-corrected chi connectivity index (χ4v) is 1.85. The van der Waals surface area contributed by atoms with Gasteiger partial charge in [0.15, 0.2) is 0 Å². The maximum atomic E-state index is 13.0. The molecule has 0 aromatic heterocycles. The lowest BCUT2D eigenvalue weighted by molar-refractivity contribution is -0.275. The van der Waals surface area contributed by atoms with Crippen LogP contribution in [0.15, 0.2) is 30.3 Å². The fourth-order valence-electron chi connectivity index (χ4n) is 1.85. The minimum absolute atomic E-state index is 0.0866. The lowest BCUT2D eigenvalue weighted by atomic mass is 10.0. The van der Waals surface area contributed by atoms with Crippen LogP contribution in [0, 0.1) is 0 Å². The van der Waals surface area contributed by atoms with Crippen molar-refractivity contribution in [3.05, 3.63) is 41.5 Å². The zero-order valence-corrected chi connectivity index (χ0v) is 9.75. The van der Waals surface area contributed by atoms with Crippen LogP contribution in [0.3, 0.4) is 0 Å². The summed E-state index contributed by atoms with van der Waals surface area (Å²) in [5, 5.41) is 0.145. The number of alkyl halides is 5. The second-order valence-corrected chi connectivity index (χ2v) is 3.92. The summed E-state index contributed by atoms with van der Waals surface area (Å²) in [5.74, 6) is -0.969. The summed E-state index contributed by atoms with van der Waals surface area (Å²) in [4.78, 5) is 10.6. The van der Waals surface area contributed by atoms with E-state index in [-0.39, 0.29) is 10.9 Å². The molecule has 0 saturated carbocycles. The molecule has 0 bridgehead atoms. The number of ether oxygens (including phenoxy) is 1. The van der Waals surface area contributed by atoms with Crippen LogP contribution in [-0.2, 0) is 0 Å². The molecule has 0 radical (unpaired) electrons. The van der Waals surface area contributed by atoms with Crippen molar-refractivity contribution >= 4 is 17.1 Å². The highest BCUT2D eigenvalue weighted by Gasteiger charge is 2.33. The van der Waals surface area contributed by atoms with Crippen LogP contribution in [0.1, 0.15) is 22.3 Å². The van der Waals surface area contributed by atoms with Gasteiger partial charge in [0.2, 0.25) is 0 Å². The Kier molecular flexibility index (Phi) is 3.61. The van der Waals surface area contributed by atoms with Gasteiger partial charge in [-0.25, -0.2) is 8.78 Å².